The summed E-state index contributed by atoms with van der Waals surface area (Å²) >= 11 is 5.34. The second-order valence-corrected chi connectivity index (χ2v) is 6.06. The molecule has 0 unspecified atom stereocenters. The van der Waals surface area contributed by atoms with Gasteiger partial charge in [0.1, 0.15) is 4.99 Å². The molecule has 1 saturated carbocycles. The number of nitrogens with zero attached hydrogens (tertiary/aromatic N) is 3. The normalized spacial score (nSPS) is 15.4. The van der Waals surface area contributed by atoms with E-state index in [0.29, 0.717) is 11.0 Å². The highest BCUT2D eigenvalue weighted by Crippen LogP contribution is 2.31. The Morgan fingerprint density at radius 2 is 1.86 bits per heavy atom. The average molecular weight is 306 g/mol. The highest BCUT2D eigenvalue weighted by Gasteiger charge is 2.27. The summed E-state index contributed by atoms with van der Waals surface area (Å²) in [5, 5.41) is 8.95. The minimum absolute atomic E-state index is 0.447. The van der Waals surface area contributed by atoms with Crippen LogP contribution in [-0.4, -0.2) is 27.8 Å². The molecule has 0 aromatic carbocycles. The van der Waals surface area contributed by atoms with E-state index in [-0.39, 0.29) is 0 Å². The number of thiocarbonyl (C=S) groups is 1. The Labute approximate surface area is 133 Å². The van der Waals surface area contributed by atoms with Crippen molar-refractivity contribution in [2.24, 2.45) is 5.73 Å². The number of aryl methyl sites for hydroxylation is 1. The van der Waals surface area contributed by atoms with E-state index in [4.69, 9.17) is 18.0 Å². The molecule has 1 heterocycles. The van der Waals surface area contributed by atoms with E-state index in [2.05, 4.69) is 35.9 Å². The van der Waals surface area contributed by atoms with E-state index in [0.717, 1.165) is 36.5 Å². The van der Waals surface area contributed by atoms with Crippen LogP contribution in [-0.2, 0) is 12.8 Å². The third-order valence-corrected chi connectivity index (χ3v) is 4.66. The third-order valence-electron chi connectivity index (χ3n) is 4.45. The molecular weight excluding hydrogens is 280 g/mol. The maximum absolute atomic E-state index is 6.04. The van der Waals surface area contributed by atoms with Crippen molar-refractivity contribution in [1.82, 2.24) is 10.2 Å². The van der Waals surface area contributed by atoms with Gasteiger partial charge in [-0.05, 0) is 38.2 Å². The summed E-state index contributed by atoms with van der Waals surface area (Å²) in [7, 11) is 0. The van der Waals surface area contributed by atoms with E-state index in [1.807, 2.05) is 0 Å². The van der Waals surface area contributed by atoms with Crippen LogP contribution in [0.2, 0.25) is 0 Å². The highest BCUT2D eigenvalue weighted by molar-refractivity contribution is 7.80. The molecule has 0 atom stereocenters. The maximum atomic E-state index is 6.04. The van der Waals surface area contributed by atoms with Crippen molar-refractivity contribution in [1.29, 1.82) is 0 Å². The fourth-order valence-electron chi connectivity index (χ4n) is 3.42. The Morgan fingerprint density at radius 1 is 1.19 bits per heavy atom. The van der Waals surface area contributed by atoms with Crippen LogP contribution in [0, 0.1) is 0 Å². The molecular formula is C16H26N4S. The Kier molecular flexibility index (Phi) is 5.51. The summed E-state index contributed by atoms with van der Waals surface area (Å²) in [6.07, 6.45) is 6.80. The van der Waals surface area contributed by atoms with Crippen LogP contribution in [0.15, 0.2) is 0 Å². The number of rotatable bonds is 6. The first-order valence-electron chi connectivity index (χ1n) is 8.08. The van der Waals surface area contributed by atoms with Gasteiger partial charge in [0.05, 0.1) is 11.3 Å². The quantitative estimate of drug-likeness (QED) is 0.819. The molecule has 0 aliphatic heterocycles. The Balaban J connectivity index is 2.53. The summed E-state index contributed by atoms with van der Waals surface area (Å²) < 4.78 is 0. The molecule has 21 heavy (non-hydrogen) atoms. The molecule has 1 aliphatic rings. The van der Waals surface area contributed by atoms with Gasteiger partial charge >= 0.3 is 0 Å². The minimum atomic E-state index is 0.447. The smallest absolute Gasteiger partial charge is 0.162 e. The van der Waals surface area contributed by atoms with Crippen LogP contribution in [0.3, 0.4) is 0 Å². The van der Waals surface area contributed by atoms with Crippen molar-refractivity contribution >= 4 is 23.0 Å². The number of hydrogen-bond acceptors (Lipinski definition) is 4. The first-order valence-corrected chi connectivity index (χ1v) is 8.49. The van der Waals surface area contributed by atoms with Crippen LogP contribution in [0.25, 0.3) is 0 Å². The Hall–Kier alpha value is -1.23. The molecule has 0 amide bonds. The van der Waals surface area contributed by atoms with Crippen molar-refractivity contribution in [3.05, 3.63) is 16.8 Å². The van der Waals surface area contributed by atoms with Gasteiger partial charge in [0.15, 0.2) is 5.82 Å². The standard InChI is InChI=1S/C16H26N4S/c1-4-12-13(5-2)18-19-16(14(12)15(17)21)20(6-3)11-9-7-8-10-11/h11H,4-10H2,1-3H3,(H2,17,21). The topological polar surface area (TPSA) is 55.0 Å². The molecule has 1 aromatic heterocycles. The van der Waals surface area contributed by atoms with E-state index < -0.39 is 0 Å². The zero-order valence-electron chi connectivity index (χ0n) is 13.4. The molecule has 0 bridgehead atoms. The van der Waals surface area contributed by atoms with E-state index in [9.17, 15) is 0 Å². The van der Waals surface area contributed by atoms with Crippen LogP contribution in [0.5, 0.6) is 0 Å². The zero-order chi connectivity index (χ0) is 15.4. The van der Waals surface area contributed by atoms with Gasteiger partial charge in [0.2, 0.25) is 0 Å². The number of anilines is 1. The molecule has 116 valence electrons. The highest BCUT2D eigenvalue weighted by atomic mass is 32.1. The molecule has 1 aliphatic carbocycles. The van der Waals surface area contributed by atoms with Gasteiger partial charge in [0.25, 0.3) is 0 Å². The Morgan fingerprint density at radius 3 is 2.33 bits per heavy atom. The van der Waals surface area contributed by atoms with Gasteiger partial charge in [-0.15, -0.1) is 5.10 Å². The maximum Gasteiger partial charge on any atom is 0.162 e. The summed E-state index contributed by atoms with van der Waals surface area (Å²) in [6, 6.07) is 0.551. The fourth-order valence-corrected chi connectivity index (χ4v) is 3.63. The van der Waals surface area contributed by atoms with Crippen LogP contribution < -0.4 is 10.6 Å². The second kappa shape index (κ2) is 7.16. The van der Waals surface area contributed by atoms with Crippen molar-refractivity contribution in [3.63, 3.8) is 0 Å². The van der Waals surface area contributed by atoms with Gasteiger partial charge in [-0.2, -0.15) is 5.10 Å². The first-order chi connectivity index (χ1) is 10.1. The lowest BCUT2D eigenvalue weighted by atomic mass is 10.0. The van der Waals surface area contributed by atoms with Gasteiger partial charge < -0.3 is 10.6 Å². The zero-order valence-corrected chi connectivity index (χ0v) is 14.2. The molecule has 2 rings (SSSR count). The molecule has 1 fully saturated rings. The largest absolute Gasteiger partial charge is 0.389 e. The molecule has 0 spiro atoms. The summed E-state index contributed by atoms with van der Waals surface area (Å²) in [5.74, 6) is 0.894. The van der Waals surface area contributed by atoms with Crippen molar-refractivity contribution in [2.45, 2.75) is 65.3 Å². The first kappa shape index (κ1) is 16.1. The van der Waals surface area contributed by atoms with E-state index >= 15 is 0 Å². The molecule has 0 saturated heterocycles. The van der Waals surface area contributed by atoms with Gasteiger partial charge in [0, 0.05) is 12.6 Å². The lowest BCUT2D eigenvalue weighted by Crippen LogP contribution is -2.36. The average Bonchev–Trinajstić information content (AvgIpc) is 3.01. The molecule has 0 radical (unpaired) electrons. The van der Waals surface area contributed by atoms with Crippen LogP contribution in [0.4, 0.5) is 5.82 Å². The van der Waals surface area contributed by atoms with Crippen molar-refractivity contribution in [3.8, 4) is 0 Å². The van der Waals surface area contributed by atoms with E-state index in [1.54, 1.807) is 0 Å². The number of hydrogen-bond donors (Lipinski definition) is 1. The van der Waals surface area contributed by atoms with Crippen LogP contribution in [0.1, 0.15) is 63.3 Å². The van der Waals surface area contributed by atoms with Gasteiger partial charge in [-0.1, -0.05) is 38.9 Å². The Bertz CT molecular complexity index is 509. The summed E-state index contributed by atoms with van der Waals surface area (Å²) in [4.78, 5) is 2.80. The second-order valence-electron chi connectivity index (χ2n) is 5.62. The summed E-state index contributed by atoms with van der Waals surface area (Å²) in [6.45, 7) is 7.32. The minimum Gasteiger partial charge on any atom is -0.389 e. The lowest BCUT2D eigenvalue weighted by Gasteiger charge is -2.31. The molecule has 1 aromatic rings. The molecule has 4 nitrogen and oxygen atoms in total. The monoisotopic (exact) mass is 306 g/mol. The lowest BCUT2D eigenvalue weighted by molar-refractivity contribution is 0.607. The van der Waals surface area contributed by atoms with Crippen molar-refractivity contribution < 1.29 is 0 Å². The number of nitrogens with two attached hydrogens (primary N) is 1. The summed E-state index contributed by atoms with van der Waals surface area (Å²) in [5.41, 5.74) is 9.19. The number of aromatic nitrogens is 2. The third kappa shape index (κ3) is 3.18. The van der Waals surface area contributed by atoms with Crippen molar-refractivity contribution in [2.75, 3.05) is 11.4 Å². The molecule has 5 heteroatoms. The fraction of sp³-hybridized carbons (Fsp3) is 0.688. The van der Waals surface area contributed by atoms with Crippen LogP contribution >= 0.6 is 12.2 Å². The SMILES string of the molecule is CCc1nnc(N(CC)C2CCCC2)c(C(N)=S)c1CC. The predicted molar refractivity (Wildman–Crippen MR) is 92.0 cm³/mol. The van der Waals surface area contributed by atoms with E-state index in [1.165, 1.54) is 31.2 Å². The molecule has 2 N–H and O–H groups in total. The van der Waals surface area contributed by atoms with Gasteiger partial charge in [-0.25, -0.2) is 0 Å². The van der Waals surface area contributed by atoms with Gasteiger partial charge in [-0.3, -0.25) is 0 Å². The predicted octanol–water partition coefficient (Wildman–Crippen LogP) is 3.00.